The Morgan fingerprint density at radius 2 is 1.87 bits per heavy atom. The fourth-order valence-corrected chi connectivity index (χ4v) is 4.24. The summed E-state index contributed by atoms with van der Waals surface area (Å²) in [5.74, 6) is 1.31. The average molecular weight is 442 g/mol. The van der Waals surface area contributed by atoms with Crippen LogP contribution < -0.4 is 15.4 Å². The van der Waals surface area contributed by atoms with Gasteiger partial charge in [0.15, 0.2) is 0 Å². The number of H-pyrrole nitrogens is 1. The molecular weight excluding hydrogens is 410 g/mol. The molecule has 1 saturated carbocycles. The smallest absolute Gasteiger partial charge is 0.259 e. The van der Waals surface area contributed by atoms with Crippen molar-refractivity contribution in [3.05, 3.63) is 60.3 Å². The number of rotatable bonds is 9. The number of anilines is 1. The van der Waals surface area contributed by atoms with Crippen molar-refractivity contribution in [3.8, 4) is 5.75 Å². The molecule has 5 nitrogen and oxygen atoms in total. The summed E-state index contributed by atoms with van der Waals surface area (Å²) in [5.41, 5.74) is 2.35. The van der Waals surface area contributed by atoms with Crippen LogP contribution in [0.2, 0.25) is 0 Å². The summed E-state index contributed by atoms with van der Waals surface area (Å²) in [7, 11) is 0. The standard InChI is InChI=1S/C25H31N3O2.ClH/c29-25(28-23-12-6-11-22-20(23)14-16-27-22)21-10-4-5-13-24(21)30-17-7-15-26-18-19-8-2-1-3-9-19;/h4-6,10-14,16,19,26-27H,1-3,7-9,15,17-18H2,(H,28,29);1H. The third-order valence-corrected chi connectivity index (χ3v) is 5.89. The van der Waals surface area contributed by atoms with Gasteiger partial charge in [-0.15, -0.1) is 12.4 Å². The minimum atomic E-state index is -0.158. The summed E-state index contributed by atoms with van der Waals surface area (Å²) in [4.78, 5) is 16.1. The second kappa shape index (κ2) is 11.8. The van der Waals surface area contributed by atoms with Crippen LogP contribution in [0.4, 0.5) is 5.69 Å². The maximum absolute atomic E-state index is 12.9. The number of para-hydroxylation sites is 1. The van der Waals surface area contributed by atoms with E-state index in [-0.39, 0.29) is 18.3 Å². The molecule has 166 valence electrons. The first-order chi connectivity index (χ1) is 14.8. The van der Waals surface area contributed by atoms with E-state index in [9.17, 15) is 4.79 Å². The zero-order valence-corrected chi connectivity index (χ0v) is 18.7. The van der Waals surface area contributed by atoms with Gasteiger partial charge in [0.05, 0.1) is 17.9 Å². The van der Waals surface area contributed by atoms with Crippen LogP contribution in [0, 0.1) is 5.92 Å². The highest BCUT2D eigenvalue weighted by molar-refractivity contribution is 6.10. The Kier molecular flexibility index (Phi) is 8.80. The number of carbonyl (C=O) groups is 1. The van der Waals surface area contributed by atoms with Crippen molar-refractivity contribution in [1.82, 2.24) is 10.3 Å². The lowest BCUT2D eigenvalue weighted by molar-refractivity contribution is 0.102. The van der Waals surface area contributed by atoms with E-state index >= 15 is 0 Å². The molecular formula is C25H32ClN3O2. The molecule has 0 saturated heterocycles. The molecule has 3 N–H and O–H groups in total. The van der Waals surface area contributed by atoms with Crippen molar-refractivity contribution < 1.29 is 9.53 Å². The van der Waals surface area contributed by atoms with E-state index in [2.05, 4.69) is 15.6 Å². The van der Waals surface area contributed by atoms with Crippen molar-refractivity contribution in [2.24, 2.45) is 5.92 Å². The van der Waals surface area contributed by atoms with E-state index in [1.165, 1.54) is 32.1 Å². The normalized spacial score (nSPS) is 14.2. The molecule has 0 unspecified atom stereocenters. The van der Waals surface area contributed by atoms with Crippen LogP contribution in [0.25, 0.3) is 10.9 Å². The number of aromatic nitrogens is 1. The number of hydrogen-bond acceptors (Lipinski definition) is 3. The Labute approximate surface area is 190 Å². The first kappa shape index (κ1) is 23.2. The number of halogens is 1. The summed E-state index contributed by atoms with van der Waals surface area (Å²) in [6, 6.07) is 15.2. The highest BCUT2D eigenvalue weighted by Crippen LogP contribution is 2.25. The van der Waals surface area contributed by atoms with Crippen LogP contribution in [0.5, 0.6) is 5.75 Å². The number of carbonyl (C=O) groups excluding carboxylic acids is 1. The molecule has 1 fully saturated rings. The SMILES string of the molecule is Cl.O=C(Nc1cccc2[nH]ccc12)c1ccccc1OCCCNCC1CCCCC1. The highest BCUT2D eigenvalue weighted by atomic mass is 35.5. The minimum absolute atomic E-state index is 0. The third-order valence-electron chi connectivity index (χ3n) is 5.89. The molecule has 1 aliphatic carbocycles. The van der Waals surface area contributed by atoms with Gasteiger partial charge in [-0.25, -0.2) is 0 Å². The molecule has 1 heterocycles. The molecule has 6 heteroatoms. The van der Waals surface area contributed by atoms with Crippen LogP contribution in [-0.4, -0.2) is 30.6 Å². The van der Waals surface area contributed by atoms with E-state index < -0.39 is 0 Å². The van der Waals surface area contributed by atoms with Crippen molar-refractivity contribution in [2.45, 2.75) is 38.5 Å². The Bertz CT molecular complexity index is 966. The van der Waals surface area contributed by atoms with Crippen molar-refractivity contribution in [3.63, 3.8) is 0 Å². The fourth-order valence-electron chi connectivity index (χ4n) is 4.24. The summed E-state index contributed by atoms with van der Waals surface area (Å²) < 4.78 is 5.95. The van der Waals surface area contributed by atoms with Gasteiger partial charge < -0.3 is 20.4 Å². The van der Waals surface area contributed by atoms with Gasteiger partial charge in [0.25, 0.3) is 5.91 Å². The molecule has 0 aliphatic heterocycles. The Morgan fingerprint density at radius 3 is 2.74 bits per heavy atom. The predicted octanol–water partition coefficient (Wildman–Crippen LogP) is 5.78. The van der Waals surface area contributed by atoms with Crippen LogP contribution in [0.3, 0.4) is 0 Å². The number of ether oxygens (including phenoxy) is 1. The minimum Gasteiger partial charge on any atom is -0.493 e. The van der Waals surface area contributed by atoms with Gasteiger partial charge >= 0.3 is 0 Å². The highest BCUT2D eigenvalue weighted by Gasteiger charge is 2.14. The van der Waals surface area contributed by atoms with E-state index in [4.69, 9.17) is 4.74 Å². The topological polar surface area (TPSA) is 66.2 Å². The van der Waals surface area contributed by atoms with Crippen LogP contribution >= 0.6 is 12.4 Å². The number of nitrogens with one attached hydrogen (secondary N) is 3. The summed E-state index contributed by atoms with van der Waals surface area (Å²) in [6.45, 7) is 2.65. The van der Waals surface area contributed by atoms with Gasteiger partial charge in [-0.05, 0) is 68.6 Å². The molecule has 1 aromatic heterocycles. The number of fused-ring (bicyclic) bond motifs is 1. The molecule has 0 bridgehead atoms. The Morgan fingerprint density at radius 1 is 1.03 bits per heavy atom. The molecule has 4 rings (SSSR count). The number of benzene rings is 2. The third kappa shape index (κ3) is 6.25. The van der Waals surface area contributed by atoms with Gasteiger partial charge in [0, 0.05) is 17.1 Å². The van der Waals surface area contributed by atoms with E-state index in [1.54, 1.807) is 0 Å². The lowest BCUT2D eigenvalue weighted by atomic mass is 9.89. The van der Waals surface area contributed by atoms with Crippen LogP contribution in [0.15, 0.2) is 54.7 Å². The molecule has 3 aromatic rings. The molecule has 1 aliphatic rings. The van der Waals surface area contributed by atoms with Gasteiger partial charge in [-0.2, -0.15) is 0 Å². The zero-order chi connectivity index (χ0) is 20.6. The van der Waals surface area contributed by atoms with Crippen molar-refractivity contribution in [2.75, 3.05) is 25.0 Å². The molecule has 2 aromatic carbocycles. The second-order valence-corrected chi connectivity index (χ2v) is 8.10. The largest absolute Gasteiger partial charge is 0.493 e. The maximum atomic E-state index is 12.9. The van der Waals surface area contributed by atoms with Gasteiger partial charge in [-0.3, -0.25) is 4.79 Å². The van der Waals surface area contributed by atoms with Crippen LogP contribution in [-0.2, 0) is 0 Å². The molecule has 0 spiro atoms. The number of amides is 1. The first-order valence-corrected chi connectivity index (χ1v) is 11.1. The Hall–Kier alpha value is -2.50. The van der Waals surface area contributed by atoms with Crippen molar-refractivity contribution >= 4 is 34.9 Å². The van der Waals surface area contributed by atoms with E-state index in [0.717, 1.165) is 42.0 Å². The van der Waals surface area contributed by atoms with Crippen molar-refractivity contribution in [1.29, 1.82) is 0 Å². The molecule has 31 heavy (non-hydrogen) atoms. The quantitative estimate of drug-likeness (QED) is 0.368. The van der Waals surface area contributed by atoms with E-state index in [0.29, 0.717) is 17.9 Å². The summed E-state index contributed by atoms with van der Waals surface area (Å²) >= 11 is 0. The van der Waals surface area contributed by atoms with Gasteiger partial charge in [0.1, 0.15) is 5.75 Å². The maximum Gasteiger partial charge on any atom is 0.259 e. The number of hydrogen-bond donors (Lipinski definition) is 3. The zero-order valence-electron chi connectivity index (χ0n) is 17.9. The first-order valence-electron chi connectivity index (χ1n) is 11.1. The Balaban J connectivity index is 0.00000272. The molecule has 1 amide bonds. The van der Waals surface area contributed by atoms with E-state index in [1.807, 2.05) is 54.7 Å². The summed E-state index contributed by atoms with van der Waals surface area (Å²) in [5, 5.41) is 7.58. The average Bonchev–Trinajstić information content (AvgIpc) is 3.27. The predicted molar refractivity (Wildman–Crippen MR) is 129 cm³/mol. The molecule has 0 radical (unpaired) electrons. The fraction of sp³-hybridized carbons (Fsp3) is 0.400. The van der Waals surface area contributed by atoms with Gasteiger partial charge in [-0.1, -0.05) is 37.5 Å². The lowest BCUT2D eigenvalue weighted by Gasteiger charge is -2.21. The van der Waals surface area contributed by atoms with Gasteiger partial charge in [0.2, 0.25) is 0 Å². The summed E-state index contributed by atoms with van der Waals surface area (Å²) in [6.07, 6.45) is 9.69. The monoisotopic (exact) mass is 441 g/mol. The molecule has 0 atom stereocenters. The van der Waals surface area contributed by atoms with Crippen LogP contribution in [0.1, 0.15) is 48.9 Å². The number of aromatic amines is 1. The lowest BCUT2D eigenvalue weighted by Crippen LogP contribution is -2.26. The second-order valence-electron chi connectivity index (χ2n) is 8.10.